The summed E-state index contributed by atoms with van der Waals surface area (Å²) in [5.74, 6) is 0.0109. The Morgan fingerprint density at radius 1 is 1.35 bits per heavy atom. The lowest BCUT2D eigenvalue weighted by molar-refractivity contribution is -0.144. The molecular weight excluding hydrogens is 329 g/mol. The second-order valence-electron chi connectivity index (χ2n) is 4.25. The number of hydrogen-bond donors (Lipinski definition) is 1. The Morgan fingerprint density at radius 3 is 2.41 bits per heavy atom. The van der Waals surface area contributed by atoms with Crippen LogP contribution in [0, 0.1) is 9.49 Å². The summed E-state index contributed by atoms with van der Waals surface area (Å²) in [5.41, 5.74) is 1.17. The maximum Gasteiger partial charge on any atom is 0.323 e. The zero-order valence-corrected chi connectivity index (χ0v) is 12.5. The van der Waals surface area contributed by atoms with Crippen molar-refractivity contribution in [2.75, 3.05) is 7.11 Å². The van der Waals surface area contributed by atoms with Gasteiger partial charge in [-0.3, -0.25) is 4.79 Å². The predicted molar refractivity (Wildman–Crippen MR) is 76.6 cm³/mol. The van der Waals surface area contributed by atoms with E-state index in [4.69, 9.17) is 4.74 Å². The highest BCUT2D eigenvalue weighted by molar-refractivity contribution is 14.1. The number of benzene rings is 1. The van der Waals surface area contributed by atoms with Gasteiger partial charge in [0.2, 0.25) is 0 Å². The number of halogens is 1. The molecule has 1 rings (SSSR count). The Morgan fingerprint density at radius 2 is 1.94 bits per heavy atom. The highest BCUT2D eigenvalue weighted by Crippen LogP contribution is 2.09. The van der Waals surface area contributed by atoms with Crippen molar-refractivity contribution >= 4 is 28.6 Å². The molecule has 0 saturated heterocycles. The standard InChI is InChI=1S/C13H18INO2/c1-9(2)12(13(16)17-3)15-8-10-4-6-11(14)7-5-10/h4-7,9,12,15H,8H2,1-3H3. The Labute approximate surface area is 116 Å². The molecule has 1 aromatic rings. The SMILES string of the molecule is COC(=O)C(NCc1ccc(I)cc1)C(C)C. The average Bonchev–Trinajstić information content (AvgIpc) is 2.31. The first kappa shape index (κ1) is 14.4. The summed E-state index contributed by atoms with van der Waals surface area (Å²) in [6.45, 7) is 4.68. The molecule has 1 unspecified atom stereocenters. The number of nitrogens with one attached hydrogen (secondary N) is 1. The third-order valence-electron chi connectivity index (χ3n) is 2.56. The molecule has 0 aliphatic heterocycles. The van der Waals surface area contributed by atoms with Crippen LogP contribution in [0.3, 0.4) is 0 Å². The van der Waals surface area contributed by atoms with Crippen LogP contribution in [0.4, 0.5) is 0 Å². The van der Waals surface area contributed by atoms with Gasteiger partial charge in [-0.05, 0) is 46.2 Å². The van der Waals surface area contributed by atoms with Gasteiger partial charge in [-0.25, -0.2) is 0 Å². The van der Waals surface area contributed by atoms with E-state index < -0.39 is 0 Å². The third kappa shape index (κ3) is 4.63. The van der Waals surface area contributed by atoms with E-state index in [9.17, 15) is 4.79 Å². The summed E-state index contributed by atoms with van der Waals surface area (Å²) >= 11 is 2.27. The Hall–Kier alpha value is -0.620. The molecule has 1 N–H and O–H groups in total. The van der Waals surface area contributed by atoms with Gasteiger partial charge < -0.3 is 10.1 Å². The number of hydrogen-bond acceptors (Lipinski definition) is 3. The summed E-state index contributed by atoms with van der Waals surface area (Å²) in [6.07, 6.45) is 0. The first-order chi connectivity index (χ1) is 8.04. The predicted octanol–water partition coefficient (Wildman–Crippen LogP) is 2.58. The van der Waals surface area contributed by atoms with Crippen LogP contribution < -0.4 is 5.32 Å². The lowest BCUT2D eigenvalue weighted by atomic mass is 10.0. The zero-order valence-electron chi connectivity index (χ0n) is 10.4. The fourth-order valence-corrected chi connectivity index (χ4v) is 1.91. The van der Waals surface area contributed by atoms with Crippen LogP contribution in [0.2, 0.25) is 0 Å². The van der Waals surface area contributed by atoms with E-state index in [0.29, 0.717) is 6.54 Å². The summed E-state index contributed by atoms with van der Waals surface area (Å²) < 4.78 is 5.99. The Bertz CT molecular complexity index is 362. The van der Waals surface area contributed by atoms with Crippen molar-refractivity contribution in [3.63, 3.8) is 0 Å². The molecule has 17 heavy (non-hydrogen) atoms. The summed E-state index contributed by atoms with van der Waals surface area (Å²) in [7, 11) is 1.42. The van der Waals surface area contributed by atoms with Crippen molar-refractivity contribution < 1.29 is 9.53 Å². The fourth-order valence-electron chi connectivity index (χ4n) is 1.55. The van der Waals surface area contributed by atoms with E-state index in [1.165, 1.54) is 16.2 Å². The first-order valence-corrected chi connectivity index (χ1v) is 6.68. The van der Waals surface area contributed by atoms with Crippen LogP contribution in [-0.4, -0.2) is 19.1 Å². The molecule has 3 nitrogen and oxygen atoms in total. The zero-order chi connectivity index (χ0) is 12.8. The van der Waals surface area contributed by atoms with Crippen LogP contribution in [0.1, 0.15) is 19.4 Å². The van der Waals surface area contributed by atoms with E-state index in [2.05, 4.69) is 52.2 Å². The molecule has 0 aliphatic carbocycles. The molecule has 0 saturated carbocycles. The molecule has 0 heterocycles. The number of ether oxygens (including phenoxy) is 1. The second-order valence-corrected chi connectivity index (χ2v) is 5.50. The largest absolute Gasteiger partial charge is 0.468 e. The highest BCUT2D eigenvalue weighted by Gasteiger charge is 2.21. The molecule has 4 heteroatoms. The van der Waals surface area contributed by atoms with Crippen molar-refractivity contribution in [3.8, 4) is 0 Å². The maximum atomic E-state index is 11.5. The maximum absolute atomic E-state index is 11.5. The van der Waals surface area contributed by atoms with Crippen LogP contribution >= 0.6 is 22.6 Å². The van der Waals surface area contributed by atoms with Gasteiger partial charge in [-0.15, -0.1) is 0 Å². The molecule has 94 valence electrons. The number of carbonyl (C=O) groups is 1. The topological polar surface area (TPSA) is 38.3 Å². The van der Waals surface area contributed by atoms with E-state index in [1.54, 1.807) is 0 Å². The Kier molecular flexibility index (Phi) is 5.91. The minimum absolute atomic E-state index is 0.203. The van der Waals surface area contributed by atoms with Gasteiger partial charge in [0.25, 0.3) is 0 Å². The van der Waals surface area contributed by atoms with Gasteiger partial charge in [-0.2, -0.15) is 0 Å². The first-order valence-electron chi connectivity index (χ1n) is 5.60. The molecule has 1 aromatic carbocycles. The summed E-state index contributed by atoms with van der Waals surface area (Å²) in [6, 6.07) is 7.98. The molecule has 0 bridgehead atoms. The van der Waals surface area contributed by atoms with Gasteiger partial charge in [0.15, 0.2) is 0 Å². The fraction of sp³-hybridized carbons (Fsp3) is 0.462. The number of rotatable bonds is 5. The van der Waals surface area contributed by atoms with Crippen LogP contribution in [0.5, 0.6) is 0 Å². The van der Waals surface area contributed by atoms with E-state index in [1.807, 2.05) is 13.8 Å². The number of methoxy groups -OCH3 is 1. The van der Waals surface area contributed by atoms with Crippen LogP contribution in [-0.2, 0) is 16.1 Å². The lowest BCUT2D eigenvalue weighted by Gasteiger charge is -2.19. The third-order valence-corrected chi connectivity index (χ3v) is 3.28. The van der Waals surface area contributed by atoms with Crippen molar-refractivity contribution in [1.29, 1.82) is 0 Å². The molecule has 0 amide bonds. The molecule has 0 radical (unpaired) electrons. The summed E-state index contributed by atoms with van der Waals surface area (Å²) in [4.78, 5) is 11.5. The smallest absolute Gasteiger partial charge is 0.323 e. The number of carbonyl (C=O) groups excluding carboxylic acids is 1. The molecule has 0 aromatic heterocycles. The van der Waals surface area contributed by atoms with Crippen molar-refractivity contribution in [3.05, 3.63) is 33.4 Å². The molecular formula is C13H18INO2. The van der Waals surface area contributed by atoms with Crippen LogP contribution in [0.15, 0.2) is 24.3 Å². The highest BCUT2D eigenvalue weighted by atomic mass is 127. The molecule has 1 atom stereocenters. The second kappa shape index (κ2) is 6.96. The van der Waals surface area contributed by atoms with E-state index in [-0.39, 0.29) is 17.9 Å². The lowest BCUT2D eigenvalue weighted by Crippen LogP contribution is -2.41. The van der Waals surface area contributed by atoms with Gasteiger partial charge in [-0.1, -0.05) is 26.0 Å². The summed E-state index contributed by atoms with van der Waals surface area (Å²) in [5, 5.41) is 3.23. The number of esters is 1. The van der Waals surface area contributed by atoms with Gasteiger partial charge >= 0.3 is 5.97 Å². The van der Waals surface area contributed by atoms with Gasteiger partial charge in [0.05, 0.1) is 7.11 Å². The normalized spacial score (nSPS) is 12.5. The van der Waals surface area contributed by atoms with Crippen molar-refractivity contribution in [1.82, 2.24) is 5.32 Å². The van der Waals surface area contributed by atoms with Gasteiger partial charge in [0.1, 0.15) is 6.04 Å². The molecule has 0 fully saturated rings. The average molecular weight is 347 g/mol. The van der Waals surface area contributed by atoms with Gasteiger partial charge in [0, 0.05) is 10.1 Å². The van der Waals surface area contributed by atoms with Crippen molar-refractivity contribution in [2.24, 2.45) is 5.92 Å². The minimum Gasteiger partial charge on any atom is -0.468 e. The van der Waals surface area contributed by atoms with E-state index >= 15 is 0 Å². The monoisotopic (exact) mass is 347 g/mol. The molecule has 0 aliphatic rings. The van der Waals surface area contributed by atoms with Crippen LogP contribution in [0.25, 0.3) is 0 Å². The quantitative estimate of drug-likeness (QED) is 0.657. The molecule has 0 spiro atoms. The minimum atomic E-state index is -0.251. The Balaban J connectivity index is 2.58. The van der Waals surface area contributed by atoms with Crippen molar-refractivity contribution in [2.45, 2.75) is 26.4 Å². The van der Waals surface area contributed by atoms with E-state index in [0.717, 1.165) is 0 Å².